The molecule has 0 saturated carbocycles. The van der Waals surface area contributed by atoms with E-state index in [1.807, 2.05) is 25.2 Å². The molecule has 15 heavy (non-hydrogen) atoms. The predicted molar refractivity (Wildman–Crippen MR) is 60.4 cm³/mol. The highest BCUT2D eigenvalue weighted by Gasteiger charge is 2.10. The second-order valence-corrected chi connectivity index (χ2v) is 3.19. The highest BCUT2D eigenvalue weighted by atomic mass is 16.5. The molecule has 1 aromatic rings. The van der Waals surface area contributed by atoms with E-state index in [1.54, 1.807) is 14.2 Å². The summed E-state index contributed by atoms with van der Waals surface area (Å²) in [5, 5.41) is 3.14. The van der Waals surface area contributed by atoms with Gasteiger partial charge in [0.15, 0.2) is 11.5 Å². The average Bonchev–Trinajstić information content (AvgIpc) is 2.30. The average molecular weight is 210 g/mol. The summed E-state index contributed by atoms with van der Waals surface area (Å²) >= 11 is 0. The van der Waals surface area contributed by atoms with Crippen molar-refractivity contribution in [2.75, 3.05) is 27.8 Å². The van der Waals surface area contributed by atoms with Crippen molar-refractivity contribution in [2.24, 2.45) is 5.73 Å². The van der Waals surface area contributed by atoms with Crippen LogP contribution >= 0.6 is 0 Å². The number of rotatable bonds is 5. The number of hydrogen-bond acceptors (Lipinski definition) is 4. The lowest BCUT2D eigenvalue weighted by Gasteiger charge is -2.16. The molecule has 0 heterocycles. The van der Waals surface area contributed by atoms with E-state index < -0.39 is 0 Å². The maximum Gasteiger partial charge on any atom is 0.161 e. The quantitative estimate of drug-likeness (QED) is 0.759. The van der Waals surface area contributed by atoms with Crippen molar-refractivity contribution in [3.05, 3.63) is 23.8 Å². The Balaban J connectivity index is 3.01. The number of nitrogens with two attached hydrogens (primary N) is 1. The first-order valence-electron chi connectivity index (χ1n) is 4.86. The van der Waals surface area contributed by atoms with Crippen LogP contribution < -0.4 is 20.5 Å². The first kappa shape index (κ1) is 11.8. The van der Waals surface area contributed by atoms with Crippen LogP contribution in [0.2, 0.25) is 0 Å². The third-order valence-electron chi connectivity index (χ3n) is 2.39. The Bertz CT molecular complexity index is 311. The highest BCUT2D eigenvalue weighted by Crippen LogP contribution is 2.29. The van der Waals surface area contributed by atoms with Crippen LogP contribution in [-0.2, 0) is 0 Å². The lowest BCUT2D eigenvalue weighted by molar-refractivity contribution is 0.354. The normalized spacial score (nSPS) is 12.3. The Kier molecular flexibility index (Phi) is 4.39. The summed E-state index contributed by atoms with van der Waals surface area (Å²) < 4.78 is 10.4. The van der Waals surface area contributed by atoms with E-state index in [9.17, 15) is 0 Å². The molecule has 1 aromatic carbocycles. The second-order valence-electron chi connectivity index (χ2n) is 3.19. The van der Waals surface area contributed by atoms with Gasteiger partial charge in [0.2, 0.25) is 0 Å². The first-order valence-corrected chi connectivity index (χ1v) is 4.86. The molecule has 0 aliphatic carbocycles. The van der Waals surface area contributed by atoms with Gasteiger partial charge in [-0.05, 0) is 24.7 Å². The summed E-state index contributed by atoms with van der Waals surface area (Å²) in [6.45, 7) is 0.548. The van der Waals surface area contributed by atoms with Gasteiger partial charge in [-0.2, -0.15) is 0 Å². The molecular formula is C11H18N2O2. The molecule has 0 bridgehead atoms. The lowest BCUT2D eigenvalue weighted by atomic mass is 10.1. The van der Waals surface area contributed by atoms with Gasteiger partial charge >= 0.3 is 0 Å². The zero-order valence-corrected chi connectivity index (χ0v) is 9.41. The summed E-state index contributed by atoms with van der Waals surface area (Å²) in [5.74, 6) is 1.46. The van der Waals surface area contributed by atoms with Gasteiger partial charge in [-0.25, -0.2) is 0 Å². The Morgan fingerprint density at radius 3 is 2.40 bits per heavy atom. The predicted octanol–water partition coefficient (Wildman–Crippen LogP) is 0.923. The van der Waals surface area contributed by atoms with Crippen LogP contribution in [0.5, 0.6) is 11.5 Å². The summed E-state index contributed by atoms with van der Waals surface area (Å²) in [5.41, 5.74) is 6.74. The zero-order chi connectivity index (χ0) is 11.3. The molecule has 0 unspecified atom stereocenters. The smallest absolute Gasteiger partial charge is 0.161 e. The van der Waals surface area contributed by atoms with Crippen molar-refractivity contribution in [2.45, 2.75) is 6.04 Å². The molecule has 0 aliphatic rings. The van der Waals surface area contributed by atoms with E-state index in [-0.39, 0.29) is 6.04 Å². The van der Waals surface area contributed by atoms with Crippen LogP contribution in [0.1, 0.15) is 11.6 Å². The number of benzene rings is 1. The molecule has 84 valence electrons. The monoisotopic (exact) mass is 210 g/mol. The van der Waals surface area contributed by atoms with E-state index in [0.717, 1.165) is 17.1 Å². The molecule has 3 N–H and O–H groups in total. The summed E-state index contributed by atoms with van der Waals surface area (Å²) in [7, 11) is 5.13. The molecule has 0 spiro atoms. The molecule has 0 aromatic heterocycles. The summed E-state index contributed by atoms with van der Waals surface area (Å²) in [6.07, 6.45) is 0. The number of hydrogen-bond donors (Lipinski definition) is 2. The Morgan fingerprint density at radius 1 is 1.27 bits per heavy atom. The number of methoxy groups -OCH3 is 2. The molecule has 0 fully saturated rings. The van der Waals surface area contributed by atoms with Gasteiger partial charge in [-0.1, -0.05) is 6.07 Å². The number of nitrogens with one attached hydrogen (secondary N) is 1. The molecular weight excluding hydrogens is 192 g/mol. The first-order chi connectivity index (χ1) is 7.26. The van der Waals surface area contributed by atoms with Crippen LogP contribution in [0.3, 0.4) is 0 Å². The standard InChI is InChI=1S/C11H18N2O2/c1-13-9(7-12)8-4-5-10(14-2)11(6-8)15-3/h4-6,9,13H,7,12H2,1-3H3/t9-/m1/s1. The topological polar surface area (TPSA) is 56.5 Å². The van der Waals surface area contributed by atoms with Gasteiger partial charge in [0.05, 0.1) is 14.2 Å². The van der Waals surface area contributed by atoms with E-state index in [0.29, 0.717) is 6.54 Å². The van der Waals surface area contributed by atoms with Crippen LogP contribution in [-0.4, -0.2) is 27.8 Å². The van der Waals surface area contributed by atoms with Gasteiger partial charge in [0.1, 0.15) is 0 Å². The van der Waals surface area contributed by atoms with Crippen molar-refractivity contribution >= 4 is 0 Å². The van der Waals surface area contributed by atoms with E-state index in [1.165, 1.54) is 0 Å². The maximum absolute atomic E-state index is 5.64. The van der Waals surface area contributed by atoms with Gasteiger partial charge in [0, 0.05) is 12.6 Å². The summed E-state index contributed by atoms with van der Waals surface area (Å²) in [4.78, 5) is 0. The van der Waals surface area contributed by atoms with Gasteiger partial charge in [-0.15, -0.1) is 0 Å². The van der Waals surface area contributed by atoms with E-state index in [4.69, 9.17) is 15.2 Å². The molecule has 4 nitrogen and oxygen atoms in total. The molecule has 0 aliphatic heterocycles. The maximum atomic E-state index is 5.64. The van der Waals surface area contributed by atoms with Crippen molar-refractivity contribution in [1.29, 1.82) is 0 Å². The minimum atomic E-state index is 0.143. The van der Waals surface area contributed by atoms with Gasteiger partial charge in [-0.3, -0.25) is 0 Å². The number of likely N-dealkylation sites (N-methyl/N-ethyl adjacent to an activating group) is 1. The largest absolute Gasteiger partial charge is 0.493 e. The van der Waals surface area contributed by atoms with E-state index in [2.05, 4.69) is 5.32 Å². The minimum Gasteiger partial charge on any atom is -0.493 e. The fourth-order valence-electron chi connectivity index (χ4n) is 1.49. The molecule has 4 heteroatoms. The van der Waals surface area contributed by atoms with Gasteiger partial charge < -0.3 is 20.5 Å². The highest BCUT2D eigenvalue weighted by molar-refractivity contribution is 5.43. The summed E-state index contributed by atoms with van der Waals surface area (Å²) in [6, 6.07) is 5.95. The van der Waals surface area contributed by atoms with Crippen LogP contribution in [0.4, 0.5) is 0 Å². The molecule has 0 amide bonds. The third kappa shape index (κ3) is 2.61. The molecule has 1 atom stereocenters. The molecule has 0 saturated heterocycles. The minimum absolute atomic E-state index is 0.143. The number of ether oxygens (including phenoxy) is 2. The van der Waals surface area contributed by atoms with Crippen LogP contribution in [0.15, 0.2) is 18.2 Å². The second kappa shape index (κ2) is 5.58. The van der Waals surface area contributed by atoms with Crippen molar-refractivity contribution in [1.82, 2.24) is 5.32 Å². The zero-order valence-electron chi connectivity index (χ0n) is 9.41. The Labute approximate surface area is 90.4 Å². The van der Waals surface area contributed by atoms with Crippen molar-refractivity contribution in [3.8, 4) is 11.5 Å². The lowest BCUT2D eigenvalue weighted by Crippen LogP contribution is -2.24. The van der Waals surface area contributed by atoms with E-state index >= 15 is 0 Å². The fraction of sp³-hybridized carbons (Fsp3) is 0.455. The Hall–Kier alpha value is -1.26. The Morgan fingerprint density at radius 2 is 1.93 bits per heavy atom. The fourth-order valence-corrected chi connectivity index (χ4v) is 1.49. The third-order valence-corrected chi connectivity index (χ3v) is 2.39. The van der Waals surface area contributed by atoms with Crippen molar-refractivity contribution in [3.63, 3.8) is 0 Å². The van der Waals surface area contributed by atoms with Gasteiger partial charge in [0.25, 0.3) is 0 Å². The molecule has 1 rings (SSSR count). The molecule has 0 radical (unpaired) electrons. The van der Waals surface area contributed by atoms with Crippen LogP contribution in [0, 0.1) is 0 Å². The van der Waals surface area contributed by atoms with Crippen molar-refractivity contribution < 1.29 is 9.47 Å². The van der Waals surface area contributed by atoms with Crippen LogP contribution in [0.25, 0.3) is 0 Å². The SMILES string of the molecule is CN[C@H](CN)c1ccc(OC)c(OC)c1.